The Hall–Kier alpha value is 2.55. The molecule has 0 rings (SSSR count). The third-order valence-corrected chi connectivity index (χ3v) is 11.0. The Labute approximate surface area is 388 Å². The van der Waals surface area contributed by atoms with Gasteiger partial charge in [0.1, 0.15) is 5.71 Å². The molecule has 0 aromatic carbocycles. The van der Waals surface area contributed by atoms with Crippen molar-refractivity contribution < 1.29 is 135 Å². The van der Waals surface area contributed by atoms with E-state index in [9.17, 15) is 23.9 Å². The first-order valence-electron chi connectivity index (χ1n) is 15.6. The van der Waals surface area contributed by atoms with Crippen LogP contribution in [0.25, 0.3) is 0 Å². The number of hydrogen-bond acceptors (Lipinski definition) is 14. The van der Waals surface area contributed by atoms with Crippen molar-refractivity contribution in [1.29, 1.82) is 0 Å². The molecule has 0 N–H and O–H groups in total. The molecule has 0 saturated carbocycles. The van der Waals surface area contributed by atoms with Crippen LogP contribution in [0.3, 0.4) is 0 Å². The Balaban J connectivity index is -0.000000125. The molecule has 12 nitrogen and oxygen atoms in total. The third kappa shape index (κ3) is 39.8. The minimum atomic E-state index is -3.13. The zero-order chi connectivity index (χ0) is 37.3. The predicted molar refractivity (Wildman–Crippen MR) is 201 cm³/mol. The Morgan fingerprint density at radius 3 is 1.38 bits per heavy atom. The number of rotatable bonds is 18. The van der Waals surface area contributed by atoms with E-state index in [2.05, 4.69) is 80.1 Å². The van der Waals surface area contributed by atoms with Crippen LogP contribution in [0.5, 0.6) is 0 Å². The number of oxime groups is 1. The smallest absolute Gasteiger partial charge is 0.792 e. The maximum Gasteiger partial charge on any atom is 1.00 e. The molecule has 0 fully saturated rings. The van der Waals surface area contributed by atoms with Gasteiger partial charge in [0.05, 0.1) is 25.6 Å². The van der Waals surface area contributed by atoms with Crippen molar-refractivity contribution in [3.05, 3.63) is 5.21 Å². The number of carbonyl (C=O) groups excluding carboxylic acids is 2. The van der Waals surface area contributed by atoms with Crippen LogP contribution in [-0.4, -0.2) is 108 Å². The number of carbonyl (C=O) groups is 2. The summed E-state index contributed by atoms with van der Waals surface area (Å²) in [7, 11) is -3.13. The van der Waals surface area contributed by atoms with Crippen LogP contribution in [0, 0.1) is 5.21 Å². The zero-order valence-electron chi connectivity index (χ0n) is 33.3. The van der Waals surface area contributed by atoms with Crippen molar-refractivity contribution in [2.45, 2.75) is 121 Å². The van der Waals surface area contributed by atoms with Gasteiger partial charge in [-0.25, -0.2) is 4.57 Å². The molecule has 0 heterocycles. The van der Waals surface area contributed by atoms with Crippen LogP contribution in [0.1, 0.15) is 96.9 Å². The Bertz CT molecular complexity index is 977. The van der Waals surface area contributed by atoms with E-state index in [-0.39, 0.29) is 132 Å². The molecular weight excluding hydrogens is 749 g/mol. The van der Waals surface area contributed by atoms with Crippen LogP contribution in [0.15, 0.2) is 10.3 Å². The van der Waals surface area contributed by atoms with E-state index in [0.717, 1.165) is 24.6 Å². The monoisotopic (exact) mass is 812 g/mol. The SMILES string of the molecule is CC(=O)/C(C)=N/[O-].CC(C)N(CC[S-])C(C)C.CCO[P@@](C)(=O)O/N=C(\C)C(C)=O.CCO[P@](C)(=O)SCCN(C(C)C)C(C)C.[K+].[K+]. The Kier molecular flexibility index (Phi) is 47.6. The molecule has 276 valence electrons. The molecule has 0 spiro atoms. The van der Waals surface area contributed by atoms with Crippen LogP contribution >= 0.6 is 25.5 Å². The first-order valence-corrected chi connectivity index (χ1v) is 21.8. The van der Waals surface area contributed by atoms with E-state index in [1.807, 2.05) is 6.92 Å². The molecule has 0 saturated heterocycles. The van der Waals surface area contributed by atoms with Crippen LogP contribution in [0.2, 0.25) is 0 Å². The molecule has 0 aliphatic carbocycles. The van der Waals surface area contributed by atoms with Gasteiger partial charge in [0, 0.05) is 57.0 Å². The number of hydrogen-bond donors (Lipinski definition) is 0. The minimum Gasteiger partial charge on any atom is -0.792 e. The van der Waals surface area contributed by atoms with Crippen molar-refractivity contribution in [2.24, 2.45) is 10.3 Å². The number of ketones is 2. The summed E-state index contributed by atoms with van der Waals surface area (Å²) in [6.07, 6.45) is 0. The second-order valence-corrected chi connectivity index (χ2v) is 18.9. The maximum absolute atomic E-state index is 11.9. The van der Waals surface area contributed by atoms with Crippen molar-refractivity contribution in [3.63, 3.8) is 0 Å². The van der Waals surface area contributed by atoms with Gasteiger partial charge in [-0.2, -0.15) is 5.75 Å². The van der Waals surface area contributed by atoms with Gasteiger partial charge in [-0.1, -0.05) is 16.5 Å². The first kappa shape index (κ1) is 62.5. The summed E-state index contributed by atoms with van der Waals surface area (Å²) in [4.78, 5) is 25.5. The molecule has 0 aliphatic heterocycles. The molecule has 0 unspecified atom stereocenters. The Morgan fingerprint density at radius 2 is 1.12 bits per heavy atom. The van der Waals surface area contributed by atoms with E-state index < -0.39 is 14.2 Å². The standard InChI is InChI=1S/C11H26NO2PS.C8H19NS.C7H14NO4P.C4H7NO2.2K/c1-7-14-15(6,13)16-9-8-12(10(2)3)11(4)5;1-7(2)9(5-6-10)8(3)4;1-5-11-13(4,10)12-8-6(2)7(3)9;1-3(5-7)4(2)6;;/h10-11H,7-9H2,1-6H3;7-8,10H,5-6H2,1-4H3;5H2,1-4H3;7H,1-2H3;;/q;;;;2*+1/p-2/b;;8-6+;5-3+;;/t15-;;13-;;;/m0.1.../s1. The number of Topliss-reactive ketones (excluding diaryl/α,β-unsaturated/α-hetero) is 2. The van der Waals surface area contributed by atoms with Crippen molar-refractivity contribution >= 4 is 61.2 Å². The summed E-state index contributed by atoms with van der Waals surface area (Å²) in [6, 6.07) is 2.32. The van der Waals surface area contributed by atoms with Crippen LogP contribution in [-0.2, 0) is 45.0 Å². The fourth-order valence-electron chi connectivity index (χ4n) is 3.44. The normalized spacial score (nSPS) is 14.0. The summed E-state index contributed by atoms with van der Waals surface area (Å²) in [5.41, 5.74) is 0.196. The van der Waals surface area contributed by atoms with Gasteiger partial charge >= 0.3 is 110 Å². The van der Waals surface area contributed by atoms with E-state index in [1.165, 1.54) is 45.7 Å². The molecule has 2 atom stereocenters. The zero-order valence-corrected chi connectivity index (χ0v) is 43.0. The second kappa shape index (κ2) is 36.5. The molecule has 0 aliphatic rings. The molecule has 0 aromatic rings. The molecule has 0 aromatic heterocycles. The summed E-state index contributed by atoms with van der Waals surface area (Å²) < 4.78 is 37.7. The fourth-order valence-corrected chi connectivity index (χ4v) is 7.38. The van der Waals surface area contributed by atoms with Crippen LogP contribution in [0.4, 0.5) is 0 Å². The molecular formula is C30H64K2N4O8P2S2. The topological polar surface area (TPSA) is 150 Å². The Morgan fingerprint density at radius 1 is 0.750 bits per heavy atom. The average molecular weight is 813 g/mol. The largest absolute Gasteiger partial charge is 1.00 e. The van der Waals surface area contributed by atoms with E-state index in [4.69, 9.17) is 21.7 Å². The summed E-state index contributed by atoms with van der Waals surface area (Å²) in [5.74, 6) is 1.21. The van der Waals surface area contributed by atoms with Crippen molar-refractivity contribution in [3.8, 4) is 0 Å². The second-order valence-electron chi connectivity index (χ2n) is 11.3. The molecule has 0 amide bonds. The summed E-state index contributed by atoms with van der Waals surface area (Å²) in [5, 5.41) is 15.2. The maximum atomic E-state index is 11.9. The van der Waals surface area contributed by atoms with E-state index in [1.54, 1.807) is 13.6 Å². The van der Waals surface area contributed by atoms with Gasteiger partial charge in [0.15, 0.2) is 11.6 Å². The van der Waals surface area contributed by atoms with Crippen LogP contribution < -0.4 is 103 Å². The van der Waals surface area contributed by atoms with Gasteiger partial charge < -0.3 is 37.0 Å². The van der Waals surface area contributed by atoms with E-state index >= 15 is 0 Å². The van der Waals surface area contributed by atoms with Gasteiger partial charge in [-0.15, -0.1) is 0 Å². The quantitative estimate of drug-likeness (QED) is 0.0653. The third-order valence-electron chi connectivity index (χ3n) is 5.89. The van der Waals surface area contributed by atoms with Gasteiger partial charge in [-0.05, 0) is 89.6 Å². The average Bonchev–Trinajstić information content (AvgIpc) is 2.92. The van der Waals surface area contributed by atoms with Crippen molar-refractivity contribution in [2.75, 3.05) is 51.1 Å². The van der Waals surface area contributed by atoms with Gasteiger partial charge in [0.25, 0.3) is 6.57 Å². The first-order chi connectivity index (χ1) is 21.0. The minimum absolute atomic E-state index is 0. The summed E-state index contributed by atoms with van der Waals surface area (Å²) in [6.45, 7) is 30.1. The predicted octanol–water partition coefficient (Wildman–Crippen LogP) is 1.72. The number of nitrogens with zero attached hydrogens (tertiary/aromatic N) is 4. The molecule has 0 bridgehead atoms. The van der Waals surface area contributed by atoms with Crippen molar-refractivity contribution in [1.82, 2.24) is 9.80 Å². The summed E-state index contributed by atoms with van der Waals surface area (Å²) >= 11 is 6.38. The molecule has 18 heteroatoms. The van der Waals surface area contributed by atoms with E-state index in [0.29, 0.717) is 30.8 Å². The van der Waals surface area contributed by atoms with Gasteiger partial charge in [0.2, 0.25) is 0 Å². The molecule has 0 radical (unpaired) electrons. The van der Waals surface area contributed by atoms with Gasteiger partial charge in [-0.3, -0.25) is 23.6 Å². The molecule has 48 heavy (non-hydrogen) atoms. The fraction of sp³-hybridized carbons (Fsp3) is 0.867.